The Hall–Kier alpha value is -1.26. The van der Waals surface area contributed by atoms with Crippen LogP contribution >= 0.6 is 0 Å². The van der Waals surface area contributed by atoms with Gasteiger partial charge in [0.05, 0.1) is 20.8 Å². The molecule has 0 saturated heterocycles. The smallest absolute Gasteiger partial charge is 0.160 e. The molecule has 0 saturated carbocycles. The lowest BCUT2D eigenvalue weighted by atomic mass is 9.93. The van der Waals surface area contributed by atoms with Gasteiger partial charge in [0.1, 0.15) is 0 Å². The monoisotopic (exact) mass is 253 g/mol. The van der Waals surface area contributed by atoms with Gasteiger partial charge in [-0.3, -0.25) is 0 Å². The first-order valence-corrected chi connectivity index (χ1v) is 6.15. The van der Waals surface area contributed by atoms with Crippen LogP contribution in [-0.4, -0.2) is 38.0 Å². The molecule has 1 aromatic carbocycles. The predicted octanol–water partition coefficient (Wildman–Crippen LogP) is 1.61. The number of aliphatic hydroxyl groups excluding tert-OH is 1. The van der Waals surface area contributed by atoms with Crippen molar-refractivity contribution in [1.29, 1.82) is 0 Å². The summed E-state index contributed by atoms with van der Waals surface area (Å²) in [6.07, 6.45) is 0.734. The molecular weight excluding hydrogens is 230 g/mol. The fourth-order valence-electron chi connectivity index (χ4n) is 2.04. The van der Waals surface area contributed by atoms with Gasteiger partial charge in [-0.25, -0.2) is 0 Å². The first-order chi connectivity index (χ1) is 8.58. The number of hydrogen-bond acceptors (Lipinski definition) is 4. The van der Waals surface area contributed by atoms with Crippen LogP contribution in [0.1, 0.15) is 19.4 Å². The van der Waals surface area contributed by atoms with Gasteiger partial charge in [0.15, 0.2) is 11.5 Å². The number of nitrogens with one attached hydrogen (secondary N) is 1. The number of benzene rings is 1. The fraction of sp³-hybridized carbons (Fsp3) is 0.571. The van der Waals surface area contributed by atoms with Crippen LogP contribution in [0.2, 0.25) is 0 Å². The normalized spacial score (nSPS) is 14.1. The van der Waals surface area contributed by atoms with E-state index in [2.05, 4.69) is 5.32 Å². The molecule has 0 bridgehead atoms. The van der Waals surface area contributed by atoms with Crippen molar-refractivity contribution in [3.63, 3.8) is 0 Å². The number of ether oxygens (including phenoxy) is 2. The third kappa shape index (κ3) is 3.62. The van der Waals surface area contributed by atoms with E-state index in [4.69, 9.17) is 9.47 Å². The molecule has 0 aliphatic rings. The van der Waals surface area contributed by atoms with Gasteiger partial charge in [0.25, 0.3) is 0 Å². The zero-order chi connectivity index (χ0) is 13.6. The summed E-state index contributed by atoms with van der Waals surface area (Å²) in [7, 11) is 3.24. The molecule has 0 heterocycles. The Morgan fingerprint density at radius 2 is 1.89 bits per heavy atom. The van der Waals surface area contributed by atoms with Gasteiger partial charge in [0, 0.05) is 5.54 Å². The first kappa shape index (κ1) is 14.8. The second-order valence-corrected chi connectivity index (χ2v) is 4.62. The molecule has 0 amide bonds. The van der Waals surface area contributed by atoms with Gasteiger partial charge >= 0.3 is 0 Å². The lowest BCUT2D eigenvalue weighted by Crippen LogP contribution is -2.47. The van der Waals surface area contributed by atoms with E-state index in [1.807, 2.05) is 32.0 Å². The Kier molecular flexibility index (Phi) is 5.44. The Bertz CT molecular complexity index is 381. The highest BCUT2D eigenvalue weighted by Gasteiger charge is 2.22. The van der Waals surface area contributed by atoms with Crippen LogP contribution in [-0.2, 0) is 6.42 Å². The van der Waals surface area contributed by atoms with Crippen LogP contribution in [0, 0.1) is 0 Å². The van der Waals surface area contributed by atoms with Crippen LogP contribution in [0.15, 0.2) is 18.2 Å². The van der Waals surface area contributed by atoms with Crippen molar-refractivity contribution in [2.75, 3.05) is 27.4 Å². The van der Waals surface area contributed by atoms with Crippen molar-refractivity contribution in [2.24, 2.45) is 0 Å². The summed E-state index contributed by atoms with van der Waals surface area (Å²) in [5, 5.41) is 12.8. The molecule has 102 valence electrons. The maximum absolute atomic E-state index is 9.49. The minimum absolute atomic E-state index is 0.0924. The van der Waals surface area contributed by atoms with Crippen molar-refractivity contribution in [1.82, 2.24) is 5.32 Å². The molecule has 0 fully saturated rings. The summed E-state index contributed by atoms with van der Waals surface area (Å²) in [5.74, 6) is 1.43. The first-order valence-electron chi connectivity index (χ1n) is 6.15. The van der Waals surface area contributed by atoms with E-state index >= 15 is 0 Å². The van der Waals surface area contributed by atoms with Gasteiger partial charge in [0.2, 0.25) is 0 Å². The zero-order valence-electron chi connectivity index (χ0n) is 11.6. The lowest BCUT2D eigenvalue weighted by molar-refractivity contribution is 0.176. The zero-order valence-corrected chi connectivity index (χ0v) is 11.6. The number of methoxy groups -OCH3 is 2. The Balaban J connectivity index is 2.90. The Morgan fingerprint density at radius 3 is 2.39 bits per heavy atom. The molecule has 1 rings (SSSR count). The minimum Gasteiger partial charge on any atom is -0.493 e. The summed E-state index contributed by atoms with van der Waals surface area (Å²) < 4.78 is 10.5. The van der Waals surface area contributed by atoms with Crippen molar-refractivity contribution < 1.29 is 14.6 Å². The van der Waals surface area contributed by atoms with Crippen molar-refractivity contribution >= 4 is 0 Å². The predicted molar refractivity (Wildman–Crippen MR) is 72.4 cm³/mol. The molecule has 4 heteroatoms. The largest absolute Gasteiger partial charge is 0.493 e. The van der Waals surface area contributed by atoms with E-state index in [0.29, 0.717) is 5.75 Å². The topological polar surface area (TPSA) is 50.7 Å². The number of rotatable bonds is 7. The lowest BCUT2D eigenvalue weighted by Gasteiger charge is -2.28. The highest BCUT2D eigenvalue weighted by molar-refractivity contribution is 5.43. The minimum atomic E-state index is -0.311. The maximum atomic E-state index is 9.49. The highest BCUT2D eigenvalue weighted by atomic mass is 16.5. The number of likely N-dealkylation sites (N-methyl/N-ethyl adjacent to an activating group) is 1. The van der Waals surface area contributed by atoms with Crippen LogP contribution in [0.4, 0.5) is 0 Å². The molecule has 4 nitrogen and oxygen atoms in total. The molecule has 0 aliphatic carbocycles. The van der Waals surface area contributed by atoms with Gasteiger partial charge in [-0.05, 0) is 37.6 Å². The van der Waals surface area contributed by atoms with Crippen LogP contribution < -0.4 is 14.8 Å². The molecule has 0 aromatic heterocycles. The summed E-state index contributed by atoms with van der Waals surface area (Å²) >= 11 is 0. The van der Waals surface area contributed by atoms with E-state index in [1.54, 1.807) is 14.2 Å². The molecule has 18 heavy (non-hydrogen) atoms. The molecule has 0 aliphatic heterocycles. The summed E-state index contributed by atoms with van der Waals surface area (Å²) in [6, 6.07) is 5.83. The number of aliphatic hydroxyl groups is 1. The third-order valence-corrected chi connectivity index (χ3v) is 2.99. The molecule has 1 aromatic rings. The third-order valence-electron chi connectivity index (χ3n) is 2.99. The van der Waals surface area contributed by atoms with Crippen molar-refractivity contribution in [2.45, 2.75) is 25.8 Å². The fourth-order valence-corrected chi connectivity index (χ4v) is 2.04. The van der Waals surface area contributed by atoms with E-state index in [9.17, 15) is 5.11 Å². The van der Waals surface area contributed by atoms with E-state index < -0.39 is 0 Å². The summed E-state index contributed by atoms with van der Waals surface area (Å²) in [4.78, 5) is 0. The van der Waals surface area contributed by atoms with Crippen LogP contribution in [0.25, 0.3) is 0 Å². The molecule has 2 N–H and O–H groups in total. The molecule has 1 atom stereocenters. The Labute approximate surface area is 109 Å². The molecular formula is C14H23NO3. The number of hydrogen-bond donors (Lipinski definition) is 2. The highest BCUT2D eigenvalue weighted by Crippen LogP contribution is 2.28. The van der Waals surface area contributed by atoms with Gasteiger partial charge in [-0.15, -0.1) is 0 Å². The van der Waals surface area contributed by atoms with Crippen LogP contribution in [0.3, 0.4) is 0 Å². The maximum Gasteiger partial charge on any atom is 0.160 e. The average molecular weight is 253 g/mol. The Morgan fingerprint density at radius 1 is 1.22 bits per heavy atom. The van der Waals surface area contributed by atoms with Gasteiger partial charge in [-0.1, -0.05) is 13.0 Å². The summed E-state index contributed by atoms with van der Waals surface area (Å²) in [6.45, 7) is 4.95. The average Bonchev–Trinajstić information content (AvgIpc) is 2.38. The second kappa shape index (κ2) is 6.61. The standard InChI is InChI=1S/C14H23NO3/c1-5-15-14(2,10-16)9-11-6-7-12(17-3)13(8-11)18-4/h6-8,15-16H,5,9-10H2,1-4H3. The molecule has 1 unspecified atom stereocenters. The quantitative estimate of drug-likeness (QED) is 0.775. The molecule has 0 spiro atoms. The van der Waals surface area contributed by atoms with Gasteiger partial charge in [-0.2, -0.15) is 0 Å². The second-order valence-electron chi connectivity index (χ2n) is 4.62. The molecule has 0 radical (unpaired) electrons. The SMILES string of the molecule is CCNC(C)(CO)Cc1ccc(OC)c(OC)c1. The summed E-state index contributed by atoms with van der Waals surface area (Å²) in [5.41, 5.74) is 0.791. The van der Waals surface area contributed by atoms with E-state index in [-0.39, 0.29) is 12.1 Å². The van der Waals surface area contributed by atoms with Crippen molar-refractivity contribution in [3.8, 4) is 11.5 Å². The van der Waals surface area contributed by atoms with Gasteiger partial charge < -0.3 is 19.9 Å². The van der Waals surface area contributed by atoms with Crippen LogP contribution in [0.5, 0.6) is 11.5 Å². The van der Waals surface area contributed by atoms with Crippen molar-refractivity contribution in [3.05, 3.63) is 23.8 Å². The van der Waals surface area contributed by atoms with E-state index in [1.165, 1.54) is 0 Å². The van der Waals surface area contributed by atoms with E-state index in [0.717, 1.165) is 24.3 Å².